The van der Waals surface area contributed by atoms with Gasteiger partial charge >= 0.3 is 0 Å². The van der Waals surface area contributed by atoms with E-state index in [1.54, 1.807) is 12.1 Å². The summed E-state index contributed by atoms with van der Waals surface area (Å²) in [4.78, 5) is 12.0. The van der Waals surface area contributed by atoms with Gasteiger partial charge < -0.3 is 11.1 Å². The van der Waals surface area contributed by atoms with Gasteiger partial charge in [0.25, 0.3) is 0 Å². The highest BCUT2D eigenvalue weighted by Crippen LogP contribution is 2.09. The molecule has 3 N–H and O–H groups in total. The van der Waals surface area contributed by atoms with Gasteiger partial charge in [-0.05, 0) is 17.7 Å². The molecule has 5 heteroatoms. The van der Waals surface area contributed by atoms with Crippen molar-refractivity contribution >= 4 is 34.7 Å². The minimum absolute atomic E-state index is 0.0131. The van der Waals surface area contributed by atoms with Crippen LogP contribution < -0.4 is 11.1 Å². The van der Waals surface area contributed by atoms with Crippen molar-refractivity contribution in [3.8, 4) is 0 Å². The highest BCUT2D eigenvalue weighted by atomic mass is 35.5. The van der Waals surface area contributed by atoms with Crippen molar-refractivity contribution in [3.05, 3.63) is 34.9 Å². The fourth-order valence-electron chi connectivity index (χ4n) is 1.22. The number of carbonyl (C=O) groups excluding carboxylic acids is 1. The van der Waals surface area contributed by atoms with E-state index in [0.717, 1.165) is 5.56 Å². The molecule has 0 radical (unpaired) electrons. The third kappa shape index (κ3) is 5.15. The second-order valence-electron chi connectivity index (χ2n) is 3.91. The third-order valence-corrected chi connectivity index (χ3v) is 3.02. The number of hydrogen-bond acceptors (Lipinski definition) is 2. The molecule has 0 aromatic heterocycles. The largest absolute Gasteiger partial charge is 0.393 e. The van der Waals surface area contributed by atoms with Crippen LogP contribution in [-0.2, 0) is 11.2 Å². The molecule has 0 saturated heterocycles. The van der Waals surface area contributed by atoms with Crippen LogP contribution in [0.1, 0.15) is 12.5 Å². The fourth-order valence-corrected chi connectivity index (χ4v) is 1.43. The Kier molecular flexibility index (Phi) is 5.38. The predicted molar refractivity (Wildman–Crippen MR) is 74.1 cm³/mol. The molecule has 0 bridgehead atoms. The molecule has 0 aliphatic rings. The van der Waals surface area contributed by atoms with Crippen LogP contribution in [0.3, 0.4) is 0 Å². The number of thiocarbonyl (C=S) groups is 1. The first-order valence-corrected chi connectivity index (χ1v) is 6.08. The molecule has 0 fully saturated rings. The van der Waals surface area contributed by atoms with Gasteiger partial charge in [-0.15, -0.1) is 0 Å². The van der Waals surface area contributed by atoms with E-state index in [1.807, 2.05) is 19.1 Å². The minimum Gasteiger partial charge on any atom is -0.393 e. The Balaban J connectivity index is 2.39. The molecule has 0 spiro atoms. The maximum atomic E-state index is 11.6. The smallest absolute Gasteiger partial charge is 0.224 e. The first-order chi connectivity index (χ1) is 7.99. The zero-order valence-electron chi connectivity index (χ0n) is 9.57. The van der Waals surface area contributed by atoms with Gasteiger partial charge in [-0.3, -0.25) is 4.79 Å². The summed E-state index contributed by atoms with van der Waals surface area (Å²) in [6, 6.07) is 7.20. The van der Waals surface area contributed by atoms with E-state index in [1.165, 1.54) is 0 Å². The van der Waals surface area contributed by atoms with Crippen molar-refractivity contribution in [1.82, 2.24) is 5.32 Å². The van der Waals surface area contributed by atoms with Crippen LogP contribution in [0, 0.1) is 5.92 Å². The van der Waals surface area contributed by atoms with Crippen molar-refractivity contribution in [2.45, 2.75) is 13.3 Å². The number of benzene rings is 1. The molecular formula is C12H15ClN2OS. The first-order valence-electron chi connectivity index (χ1n) is 5.29. The lowest BCUT2D eigenvalue weighted by Gasteiger charge is -2.10. The second kappa shape index (κ2) is 6.57. The fraction of sp³-hybridized carbons (Fsp3) is 0.333. The Hall–Kier alpha value is -1.13. The van der Waals surface area contributed by atoms with Crippen molar-refractivity contribution in [1.29, 1.82) is 0 Å². The standard InChI is InChI=1S/C12H15ClN2OS/c1-8(12(14)17)7-15-11(16)6-9-2-4-10(13)5-3-9/h2-5,8H,6-7H2,1H3,(H2,14,17)(H,15,16). The summed E-state index contributed by atoms with van der Waals surface area (Å²) in [5.74, 6) is -0.0328. The second-order valence-corrected chi connectivity index (χ2v) is 4.82. The normalized spacial score (nSPS) is 11.9. The van der Waals surface area contributed by atoms with E-state index in [4.69, 9.17) is 29.6 Å². The van der Waals surface area contributed by atoms with Gasteiger partial charge in [-0.1, -0.05) is 42.9 Å². The van der Waals surface area contributed by atoms with Crippen LogP contribution in [0.15, 0.2) is 24.3 Å². The number of nitrogens with one attached hydrogen (secondary N) is 1. The monoisotopic (exact) mass is 270 g/mol. The van der Waals surface area contributed by atoms with E-state index in [-0.39, 0.29) is 11.8 Å². The van der Waals surface area contributed by atoms with Crippen LogP contribution >= 0.6 is 23.8 Å². The number of rotatable bonds is 5. The molecule has 0 heterocycles. The molecule has 1 amide bonds. The first kappa shape index (κ1) is 13.9. The maximum absolute atomic E-state index is 11.6. The van der Waals surface area contributed by atoms with Crippen molar-refractivity contribution < 1.29 is 4.79 Å². The van der Waals surface area contributed by atoms with E-state index < -0.39 is 0 Å². The Morgan fingerprint density at radius 1 is 1.47 bits per heavy atom. The SMILES string of the molecule is CC(CNC(=O)Cc1ccc(Cl)cc1)C(N)=S. The molecule has 1 aromatic carbocycles. The summed E-state index contributed by atoms with van der Waals surface area (Å²) in [5.41, 5.74) is 6.38. The molecule has 17 heavy (non-hydrogen) atoms. The maximum Gasteiger partial charge on any atom is 0.224 e. The zero-order chi connectivity index (χ0) is 12.8. The highest BCUT2D eigenvalue weighted by Gasteiger charge is 2.08. The Labute approximate surface area is 111 Å². The quantitative estimate of drug-likeness (QED) is 0.804. The summed E-state index contributed by atoms with van der Waals surface area (Å²) in [6.07, 6.45) is 0.335. The minimum atomic E-state index is -0.0459. The molecule has 1 rings (SSSR count). The third-order valence-electron chi connectivity index (χ3n) is 2.37. The van der Waals surface area contributed by atoms with Gasteiger partial charge in [0.05, 0.1) is 11.4 Å². The number of carbonyl (C=O) groups is 1. The van der Waals surface area contributed by atoms with Gasteiger partial charge in [-0.25, -0.2) is 0 Å². The highest BCUT2D eigenvalue weighted by molar-refractivity contribution is 7.80. The Morgan fingerprint density at radius 3 is 2.59 bits per heavy atom. The summed E-state index contributed by atoms with van der Waals surface area (Å²) in [6.45, 7) is 2.35. The van der Waals surface area contributed by atoms with Crippen LogP contribution in [0.4, 0.5) is 0 Å². The van der Waals surface area contributed by atoms with Crippen molar-refractivity contribution in [3.63, 3.8) is 0 Å². The molecule has 92 valence electrons. The van der Waals surface area contributed by atoms with E-state index in [9.17, 15) is 4.79 Å². The molecule has 1 aromatic rings. The average molecular weight is 271 g/mol. The van der Waals surface area contributed by atoms with Gasteiger partial charge in [0, 0.05) is 17.5 Å². The van der Waals surface area contributed by atoms with Crippen LogP contribution in [0.25, 0.3) is 0 Å². The van der Waals surface area contributed by atoms with Gasteiger partial charge in [0.2, 0.25) is 5.91 Å². The molecule has 1 atom stereocenters. The zero-order valence-corrected chi connectivity index (χ0v) is 11.1. The topological polar surface area (TPSA) is 55.1 Å². The number of hydrogen-bond donors (Lipinski definition) is 2. The van der Waals surface area contributed by atoms with Crippen LogP contribution in [0.2, 0.25) is 5.02 Å². The molecular weight excluding hydrogens is 256 g/mol. The average Bonchev–Trinajstić information content (AvgIpc) is 2.29. The lowest BCUT2D eigenvalue weighted by molar-refractivity contribution is -0.120. The van der Waals surface area contributed by atoms with Gasteiger partial charge in [0.1, 0.15) is 0 Å². The summed E-state index contributed by atoms with van der Waals surface area (Å²) >= 11 is 10.6. The van der Waals surface area contributed by atoms with Crippen LogP contribution in [0.5, 0.6) is 0 Å². The molecule has 3 nitrogen and oxygen atoms in total. The summed E-state index contributed by atoms with van der Waals surface area (Å²) in [7, 11) is 0. The van der Waals surface area contributed by atoms with Crippen LogP contribution in [-0.4, -0.2) is 17.4 Å². The van der Waals surface area contributed by atoms with Gasteiger partial charge in [-0.2, -0.15) is 0 Å². The summed E-state index contributed by atoms with van der Waals surface area (Å²) < 4.78 is 0. The van der Waals surface area contributed by atoms with E-state index >= 15 is 0 Å². The van der Waals surface area contributed by atoms with E-state index in [2.05, 4.69) is 5.32 Å². The van der Waals surface area contributed by atoms with Crippen molar-refractivity contribution in [2.24, 2.45) is 11.7 Å². The molecule has 0 saturated carbocycles. The molecule has 0 aliphatic carbocycles. The Morgan fingerprint density at radius 2 is 2.06 bits per heavy atom. The van der Waals surface area contributed by atoms with Crippen molar-refractivity contribution in [2.75, 3.05) is 6.54 Å². The molecule has 0 aliphatic heterocycles. The number of amides is 1. The molecule has 1 unspecified atom stereocenters. The lowest BCUT2D eigenvalue weighted by atomic mass is 10.1. The number of nitrogens with two attached hydrogens (primary N) is 1. The predicted octanol–water partition coefficient (Wildman–Crippen LogP) is 1.92. The summed E-state index contributed by atoms with van der Waals surface area (Å²) in [5, 5.41) is 3.45. The lowest BCUT2D eigenvalue weighted by Crippen LogP contribution is -2.34. The van der Waals surface area contributed by atoms with Gasteiger partial charge in [0.15, 0.2) is 0 Å². The number of halogens is 1. The van der Waals surface area contributed by atoms with E-state index in [0.29, 0.717) is 23.0 Å². The Bertz CT molecular complexity index is 405.